The molecule has 0 saturated carbocycles. The number of hydrogen-bond acceptors (Lipinski definition) is 4. The number of rotatable bonds is 6. The second kappa shape index (κ2) is 8.02. The van der Waals surface area contributed by atoms with Gasteiger partial charge in [-0.2, -0.15) is 0 Å². The third-order valence-electron chi connectivity index (χ3n) is 3.79. The van der Waals surface area contributed by atoms with E-state index in [9.17, 15) is 9.59 Å². The second-order valence-corrected chi connectivity index (χ2v) is 5.77. The van der Waals surface area contributed by atoms with Crippen molar-refractivity contribution in [1.29, 1.82) is 0 Å². The van der Waals surface area contributed by atoms with Gasteiger partial charge in [-0.3, -0.25) is 9.59 Å². The minimum absolute atomic E-state index is 0.197. The van der Waals surface area contributed by atoms with Crippen molar-refractivity contribution in [1.82, 2.24) is 5.32 Å². The zero-order valence-electron chi connectivity index (χ0n) is 14.1. The molecule has 0 aliphatic carbocycles. The monoisotopic (exact) mass is 349 g/mol. The first kappa shape index (κ1) is 17.3. The maximum Gasteiger partial charge on any atom is 0.253 e. The third kappa shape index (κ3) is 4.51. The third-order valence-corrected chi connectivity index (χ3v) is 3.79. The topological polar surface area (TPSA) is 97.4 Å². The molecule has 26 heavy (non-hydrogen) atoms. The van der Waals surface area contributed by atoms with Crippen molar-refractivity contribution >= 4 is 23.2 Å². The molecule has 0 aliphatic heterocycles. The SMILES string of the molecule is Nc1ccc(CC(=O)Nc2ccccc2C(=O)NCc2ccco2)cc1. The van der Waals surface area contributed by atoms with Crippen LogP contribution in [0.15, 0.2) is 71.3 Å². The van der Waals surface area contributed by atoms with Gasteiger partial charge in [0.1, 0.15) is 5.76 Å². The van der Waals surface area contributed by atoms with Crippen LogP contribution in [0.1, 0.15) is 21.7 Å². The first-order chi connectivity index (χ1) is 12.6. The molecule has 1 heterocycles. The standard InChI is InChI=1S/C20H19N3O3/c21-15-9-7-14(8-10-15)12-19(24)23-18-6-2-1-5-17(18)20(25)22-13-16-4-3-11-26-16/h1-11H,12-13,21H2,(H,22,25)(H,23,24). The van der Waals surface area contributed by atoms with E-state index in [4.69, 9.17) is 10.2 Å². The highest BCUT2D eigenvalue weighted by molar-refractivity contribution is 6.04. The van der Waals surface area contributed by atoms with Crippen LogP contribution in [0.25, 0.3) is 0 Å². The molecule has 132 valence electrons. The van der Waals surface area contributed by atoms with Crippen molar-refractivity contribution in [2.45, 2.75) is 13.0 Å². The van der Waals surface area contributed by atoms with Gasteiger partial charge < -0.3 is 20.8 Å². The Labute approximate surface area is 151 Å². The van der Waals surface area contributed by atoms with E-state index < -0.39 is 0 Å². The van der Waals surface area contributed by atoms with E-state index in [1.807, 2.05) is 0 Å². The molecule has 3 rings (SSSR count). The van der Waals surface area contributed by atoms with Gasteiger partial charge in [0.25, 0.3) is 5.91 Å². The molecule has 2 aromatic carbocycles. The molecule has 0 atom stereocenters. The van der Waals surface area contributed by atoms with E-state index in [0.717, 1.165) is 5.56 Å². The van der Waals surface area contributed by atoms with Gasteiger partial charge in [0.2, 0.25) is 5.91 Å². The average molecular weight is 349 g/mol. The Hall–Kier alpha value is -3.54. The summed E-state index contributed by atoms with van der Waals surface area (Å²) in [7, 11) is 0. The van der Waals surface area contributed by atoms with Gasteiger partial charge in [0.05, 0.1) is 30.5 Å². The van der Waals surface area contributed by atoms with Crippen LogP contribution in [0.3, 0.4) is 0 Å². The van der Waals surface area contributed by atoms with Gasteiger partial charge in [-0.05, 0) is 42.0 Å². The van der Waals surface area contributed by atoms with Crippen LogP contribution < -0.4 is 16.4 Å². The second-order valence-electron chi connectivity index (χ2n) is 5.77. The minimum Gasteiger partial charge on any atom is -0.467 e. The smallest absolute Gasteiger partial charge is 0.253 e. The summed E-state index contributed by atoms with van der Waals surface area (Å²) >= 11 is 0. The zero-order valence-corrected chi connectivity index (χ0v) is 14.1. The van der Waals surface area contributed by atoms with Gasteiger partial charge in [-0.25, -0.2) is 0 Å². The molecular formula is C20H19N3O3. The van der Waals surface area contributed by atoms with Crippen molar-refractivity contribution < 1.29 is 14.0 Å². The molecule has 0 aliphatic rings. The van der Waals surface area contributed by atoms with E-state index in [2.05, 4.69) is 10.6 Å². The van der Waals surface area contributed by atoms with Crippen LogP contribution in [-0.4, -0.2) is 11.8 Å². The van der Waals surface area contributed by atoms with Gasteiger partial charge in [0, 0.05) is 5.69 Å². The van der Waals surface area contributed by atoms with Crippen molar-refractivity contribution in [2.75, 3.05) is 11.1 Å². The molecule has 0 unspecified atom stereocenters. The highest BCUT2D eigenvalue weighted by atomic mass is 16.3. The van der Waals surface area contributed by atoms with Crippen LogP contribution in [0.5, 0.6) is 0 Å². The summed E-state index contributed by atoms with van der Waals surface area (Å²) in [6.07, 6.45) is 1.75. The summed E-state index contributed by atoms with van der Waals surface area (Å²) in [6.45, 7) is 0.277. The number of para-hydroxylation sites is 1. The quantitative estimate of drug-likeness (QED) is 0.596. The van der Waals surface area contributed by atoms with Crippen LogP contribution in [0, 0.1) is 0 Å². The van der Waals surface area contributed by atoms with Gasteiger partial charge in [-0.15, -0.1) is 0 Å². The first-order valence-corrected chi connectivity index (χ1v) is 8.16. The molecule has 0 bridgehead atoms. The highest BCUT2D eigenvalue weighted by Crippen LogP contribution is 2.16. The van der Waals surface area contributed by atoms with Crippen LogP contribution in [-0.2, 0) is 17.8 Å². The fraction of sp³-hybridized carbons (Fsp3) is 0.100. The molecule has 0 saturated heterocycles. The Morgan fingerprint density at radius 1 is 0.962 bits per heavy atom. The number of carbonyl (C=O) groups excluding carboxylic acids is 2. The predicted octanol–water partition coefficient (Wildman–Crippen LogP) is 2.97. The molecule has 0 fully saturated rings. The lowest BCUT2D eigenvalue weighted by atomic mass is 10.1. The summed E-state index contributed by atoms with van der Waals surface area (Å²) in [6, 6.07) is 17.5. The van der Waals surface area contributed by atoms with E-state index in [1.54, 1.807) is 66.9 Å². The van der Waals surface area contributed by atoms with Crippen molar-refractivity contribution in [3.8, 4) is 0 Å². The summed E-state index contributed by atoms with van der Waals surface area (Å²) in [5, 5.41) is 5.57. The molecule has 6 nitrogen and oxygen atoms in total. The summed E-state index contributed by atoms with van der Waals surface area (Å²) in [4.78, 5) is 24.7. The Balaban J connectivity index is 1.65. The summed E-state index contributed by atoms with van der Waals surface area (Å²) < 4.78 is 5.20. The van der Waals surface area contributed by atoms with Crippen molar-refractivity contribution in [3.63, 3.8) is 0 Å². The molecule has 3 aromatic rings. The molecule has 0 spiro atoms. The number of furan rings is 1. The lowest BCUT2D eigenvalue weighted by Gasteiger charge is -2.11. The predicted molar refractivity (Wildman–Crippen MR) is 99.5 cm³/mol. The summed E-state index contributed by atoms with van der Waals surface area (Å²) in [5.74, 6) is 0.161. The molecule has 6 heteroatoms. The number of nitrogens with one attached hydrogen (secondary N) is 2. The van der Waals surface area contributed by atoms with Crippen molar-refractivity contribution in [2.24, 2.45) is 0 Å². The lowest BCUT2D eigenvalue weighted by Crippen LogP contribution is -2.25. The average Bonchev–Trinajstić information content (AvgIpc) is 3.16. The molecule has 0 radical (unpaired) electrons. The number of hydrogen-bond donors (Lipinski definition) is 3. The number of benzene rings is 2. The number of amides is 2. The van der Waals surface area contributed by atoms with Gasteiger partial charge in [0.15, 0.2) is 0 Å². The lowest BCUT2D eigenvalue weighted by molar-refractivity contribution is -0.115. The summed E-state index contributed by atoms with van der Waals surface area (Å²) in [5.41, 5.74) is 7.99. The van der Waals surface area contributed by atoms with E-state index >= 15 is 0 Å². The number of nitrogens with two attached hydrogens (primary N) is 1. The zero-order chi connectivity index (χ0) is 18.4. The van der Waals surface area contributed by atoms with Crippen LogP contribution in [0.2, 0.25) is 0 Å². The van der Waals surface area contributed by atoms with Crippen molar-refractivity contribution in [3.05, 3.63) is 83.8 Å². The van der Waals surface area contributed by atoms with Crippen LogP contribution >= 0.6 is 0 Å². The molecule has 4 N–H and O–H groups in total. The molecule has 2 amide bonds. The first-order valence-electron chi connectivity index (χ1n) is 8.16. The van der Waals surface area contributed by atoms with Crippen LogP contribution in [0.4, 0.5) is 11.4 Å². The minimum atomic E-state index is -0.287. The van der Waals surface area contributed by atoms with E-state index in [1.165, 1.54) is 0 Å². The fourth-order valence-corrected chi connectivity index (χ4v) is 2.48. The van der Waals surface area contributed by atoms with Gasteiger partial charge >= 0.3 is 0 Å². The Kier molecular flexibility index (Phi) is 5.34. The van der Waals surface area contributed by atoms with Gasteiger partial charge in [-0.1, -0.05) is 24.3 Å². The maximum atomic E-state index is 12.4. The molecule has 1 aromatic heterocycles. The molecular weight excluding hydrogens is 330 g/mol. The Morgan fingerprint density at radius 2 is 1.73 bits per heavy atom. The number of nitrogen functional groups attached to an aromatic ring is 1. The maximum absolute atomic E-state index is 12.4. The number of anilines is 2. The largest absolute Gasteiger partial charge is 0.467 e. The highest BCUT2D eigenvalue weighted by Gasteiger charge is 2.13. The van der Waals surface area contributed by atoms with E-state index in [-0.39, 0.29) is 24.8 Å². The number of carbonyl (C=O) groups is 2. The van der Waals surface area contributed by atoms with E-state index in [0.29, 0.717) is 22.7 Å². The normalized spacial score (nSPS) is 10.3. The Morgan fingerprint density at radius 3 is 2.46 bits per heavy atom. The fourth-order valence-electron chi connectivity index (χ4n) is 2.48. The Bertz CT molecular complexity index is 887.